The second-order valence-electron chi connectivity index (χ2n) is 7.14. The van der Waals surface area contributed by atoms with Gasteiger partial charge in [0, 0.05) is 13.1 Å². The highest BCUT2D eigenvalue weighted by Gasteiger charge is 2.24. The molecule has 0 aromatic carbocycles. The van der Waals surface area contributed by atoms with Crippen LogP contribution in [-0.4, -0.2) is 55.2 Å². The van der Waals surface area contributed by atoms with Crippen molar-refractivity contribution in [2.45, 2.75) is 51.9 Å². The van der Waals surface area contributed by atoms with Crippen molar-refractivity contribution in [3.05, 3.63) is 33.5 Å². The molecule has 1 amide bonds. The zero-order valence-electron chi connectivity index (χ0n) is 15.1. The predicted octanol–water partition coefficient (Wildman–Crippen LogP) is 2.03. The Balaban J connectivity index is 1.46. The largest absolute Gasteiger partial charge is 0.387 e. The van der Waals surface area contributed by atoms with Crippen LogP contribution in [0.3, 0.4) is 0 Å². The Bertz CT molecular complexity index is 778. The molecule has 0 saturated carbocycles. The molecule has 1 atom stereocenters. The number of likely N-dealkylation sites (tertiary alicyclic amines) is 1. The minimum absolute atomic E-state index is 0.0448. The topological polar surface area (TPSA) is 74.5 Å². The fraction of sp³-hybridized carbons (Fsp3) is 0.611. The van der Waals surface area contributed by atoms with Gasteiger partial charge in [-0.25, -0.2) is 4.98 Å². The number of amides is 1. The lowest BCUT2D eigenvalue weighted by Crippen LogP contribution is -2.30. The van der Waals surface area contributed by atoms with Gasteiger partial charge in [0.25, 0.3) is 5.91 Å². The van der Waals surface area contributed by atoms with Crippen molar-refractivity contribution in [1.29, 1.82) is 0 Å². The van der Waals surface area contributed by atoms with Gasteiger partial charge in [-0.2, -0.15) is 5.10 Å². The van der Waals surface area contributed by atoms with Crippen LogP contribution in [0.5, 0.6) is 0 Å². The average molecular weight is 375 g/mol. The van der Waals surface area contributed by atoms with Crippen LogP contribution in [-0.2, 0) is 19.6 Å². The van der Waals surface area contributed by atoms with E-state index in [2.05, 4.69) is 15.0 Å². The highest BCUT2D eigenvalue weighted by Crippen LogP contribution is 2.23. The minimum Gasteiger partial charge on any atom is -0.387 e. The van der Waals surface area contributed by atoms with E-state index in [9.17, 15) is 9.90 Å². The highest BCUT2D eigenvalue weighted by atomic mass is 32.1. The van der Waals surface area contributed by atoms with Crippen LogP contribution in [0, 0.1) is 0 Å². The third-order valence-corrected chi connectivity index (χ3v) is 6.04. The molecule has 2 aliphatic rings. The molecular formula is C18H25N5O2S. The first kappa shape index (κ1) is 17.6. The van der Waals surface area contributed by atoms with Gasteiger partial charge >= 0.3 is 0 Å². The number of rotatable bonds is 4. The van der Waals surface area contributed by atoms with E-state index in [0.29, 0.717) is 23.7 Å². The molecule has 4 rings (SSSR count). The van der Waals surface area contributed by atoms with E-state index in [1.165, 1.54) is 24.2 Å². The number of aromatic nitrogens is 3. The van der Waals surface area contributed by atoms with E-state index in [1.807, 2.05) is 15.6 Å². The summed E-state index contributed by atoms with van der Waals surface area (Å²) in [6, 6.07) is 1.90. The number of carbonyl (C=O) groups excluding carboxylic acids is 1. The Morgan fingerprint density at radius 2 is 2.08 bits per heavy atom. The van der Waals surface area contributed by atoms with Gasteiger partial charge in [-0.1, -0.05) is 0 Å². The third kappa shape index (κ3) is 3.67. The molecule has 7 nitrogen and oxygen atoms in total. The smallest absolute Gasteiger partial charge is 0.265 e. The van der Waals surface area contributed by atoms with E-state index in [-0.39, 0.29) is 5.91 Å². The summed E-state index contributed by atoms with van der Waals surface area (Å²) in [6.45, 7) is 6.83. The molecule has 26 heavy (non-hydrogen) atoms. The van der Waals surface area contributed by atoms with Crippen molar-refractivity contribution in [3.8, 4) is 0 Å². The summed E-state index contributed by atoms with van der Waals surface area (Å²) in [4.78, 5) is 22.4. The Morgan fingerprint density at radius 3 is 2.85 bits per heavy atom. The molecule has 8 heteroatoms. The van der Waals surface area contributed by atoms with Gasteiger partial charge in [-0.3, -0.25) is 14.4 Å². The molecule has 1 saturated heterocycles. The van der Waals surface area contributed by atoms with E-state index >= 15 is 0 Å². The monoisotopic (exact) mass is 375 g/mol. The van der Waals surface area contributed by atoms with E-state index in [1.54, 1.807) is 13.1 Å². The fourth-order valence-electron chi connectivity index (χ4n) is 3.63. The maximum Gasteiger partial charge on any atom is 0.265 e. The Kier molecular flexibility index (Phi) is 5.06. The summed E-state index contributed by atoms with van der Waals surface area (Å²) in [6.07, 6.45) is 4.51. The number of hydrogen-bond donors (Lipinski definition) is 1. The van der Waals surface area contributed by atoms with Crippen LogP contribution in [0.2, 0.25) is 0 Å². The van der Waals surface area contributed by atoms with E-state index in [0.717, 1.165) is 43.3 Å². The molecular weight excluding hydrogens is 350 g/mol. The van der Waals surface area contributed by atoms with Crippen molar-refractivity contribution in [2.75, 3.05) is 19.6 Å². The molecule has 2 aromatic heterocycles. The summed E-state index contributed by atoms with van der Waals surface area (Å²) >= 11 is 1.51. The third-order valence-electron chi connectivity index (χ3n) is 5.07. The number of thiazole rings is 1. The summed E-state index contributed by atoms with van der Waals surface area (Å²) in [5, 5.41) is 15.2. The Labute approximate surface area is 157 Å². The van der Waals surface area contributed by atoms with Crippen LogP contribution >= 0.6 is 11.3 Å². The lowest BCUT2D eigenvalue weighted by atomic mass is 10.2. The fourth-order valence-corrected chi connectivity index (χ4v) is 4.56. The number of aliphatic hydroxyl groups is 1. The quantitative estimate of drug-likeness (QED) is 0.885. The first-order valence-electron chi connectivity index (χ1n) is 9.31. The standard InChI is InChI=1S/C18H25N5O2S/c1-13(24)15-9-14-11-22(7-4-8-23(14)20-15)18(25)16-10-19-17(26-16)12-21-5-2-3-6-21/h9-10,13,24H,2-8,11-12H2,1H3. The number of aryl methyl sites for hydroxylation is 1. The van der Waals surface area contributed by atoms with E-state index in [4.69, 9.17) is 0 Å². The number of hydrogen-bond acceptors (Lipinski definition) is 6. The maximum absolute atomic E-state index is 13.0. The normalized spacial score (nSPS) is 19.4. The first-order chi connectivity index (χ1) is 12.6. The molecule has 1 unspecified atom stereocenters. The van der Waals surface area contributed by atoms with Gasteiger partial charge in [0.05, 0.1) is 36.8 Å². The lowest BCUT2D eigenvalue weighted by Gasteiger charge is -2.18. The molecule has 140 valence electrons. The molecule has 0 radical (unpaired) electrons. The van der Waals surface area contributed by atoms with Crippen molar-refractivity contribution in [2.24, 2.45) is 0 Å². The van der Waals surface area contributed by atoms with Crippen LogP contribution in [0.4, 0.5) is 0 Å². The Hall–Kier alpha value is -1.77. The molecule has 0 aliphatic carbocycles. The van der Waals surface area contributed by atoms with Crippen molar-refractivity contribution in [3.63, 3.8) is 0 Å². The lowest BCUT2D eigenvalue weighted by molar-refractivity contribution is 0.0750. The molecule has 1 fully saturated rings. The number of nitrogens with zero attached hydrogens (tertiary/aromatic N) is 5. The number of carbonyl (C=O) groups is 1. The van der Waals surface area contributed by atoms with Crippen molar-refractivity contribution >= 4 is 17.2 Å². The van der Waals surface area contributed by atoms with Crippen LogP contribution in [0.1, 0.15) is 58.4 Å². The minimum atomic E-state index is -0.590. The number of fused-ring (bicyclic) bond motifs is 1. The van der Waals surface area contributed by atoms with Gasteiger partial charge < -0.3 is 10.0 Å². The van der Waals surface area contributed by atoms with Crippen LogP contribution in [0.25, 0.3) is 0 Å². The summed E-state index contributed by atoms with van der Waals surface area (Å²) < 4.78 is 1.92. The van der Waals surface area contributed by atoms with Crippen LogP contribution in [0.15, 0.2) is 12.3 Å². The summed E-state index contributed by atoms with van der Waals surface area (Å²) in [5.41, 5.74) is 1.65. The molecule has 4 heterocycles. The number of aliphatic hydroxyl groups excluding tert-OH is 1. The highest BCUT2D eigenvalue weighted by molar-refractivity contribution is 7.13. The molecule has 0 bridgehead atoms. The molecule has 1 N–H and O–H groups in total. The van der Waals surface area contributed by atoms with E-state index < -0.39 is 6.10 Å². The molecule has 2 aliphatic heterocycles. The summed E-state index contributed by atoms with van der Waals surface area (Å²) in [5.74, 6) is 0.0448. The molecule has 0 spiro atoms. The maximum atomic E-state index is 13.0. The zero-order chi connectivity index (χ0) is 18.1. The molecule has 2 aromatic rings. The SMILES string of the molecule is CC(O)c1cc2n(n1)CCCN(C(=O)c1cnc(CN3CCCC3)s1)C2. The zero-order valence-corrected chi connectivity index (χ0v) is 15.9. The van der Waals surface area contributed by atoms with Crippen LogP contribution < -0.4 is 0 Å². The second kappa shape index (κ2) is 7.46. The van der Waals surface area contributed by atoms with Crippen molar-refractivity contribution < 1.29 is 9.90 Å². The van der Waals surface area contributed by atoms with Gasteiger partial charge in [-0.15, -0.1) is 11.3 Å². The average Bonchev–Trinajstić information content (AvgIpc) is 3.34. The first-order valence-corrected chi connectivity index (χ1v) is 10.1. The van der Waals surface area contributed by atoms with Gasteiger partial charge in [0.15, 0.2) is 0 Å². The predicted molar refractivity (Wildman–Crippen MR) is 98.8 cm³/mol. The van der Waals surface area contributed by atoms with Crippen molar-refractivity contribution in [1.82, 2.24) is 24.6 Å². The van der Waals surface area contributed by atoms with Gasteiger partial charge in [0.1, 0.15) is 9.88 Å². The van der Waals surface area contributed by atoms with Gasteiger partial charge in [-0.05, 0) is 45.3 Å². The second-order valence-corrected chi connectivity index (χ2v) is 8.26. The van der Waals surface area contributed by atoms with Gasteiger partial charge in [0.2, 0.25) is 0 Å². The summed E-state index contributed by atoms with van der Waals surface area (Å²) in [7, 11) is 0. The Morgan fingerprint density at radius 1 is 1.27 bits per heavy atom.